The van der Waals surface area contributed by atoms with Crippen LogP contribution in [0.2, 0.25) is 0 Å². The number of carbonyl (C=O) groups is 1. The van der Waals surface area contributed by atoms with Crippen LogP contribution in [0.25, 0.3) is 0 Å². The smallest absolute Gasteiger partial charge is 0.272 e. The molecule has 160 valence electrons. The molecule has 1 saturated carbocycles. The highest BCUT2D eigenvalue weighted by atomic mass is 32.2. The van der Waals surface area contributed by atoms with Crippen LogP contribution in [0.3, 0.4) is 0 Å². The first-order valence-electron chi connectivity index (χ1n) is 9.87. The van der Waals surface area contributed by atoms with Gasteiger partial charge in [-0.05, 0) is 51.0 Å². The summed E-state index contributed by atoms with van der Waals surface area (Å²) in [6.45, 7) is 3.52. The van der Waals surface area contributed by atoms with Crippen LogP contribution in [0.5, 0.6) is 5.75 Å². The van der Waals surface area contributed by atoms with Crippen LogP contribution >= 0.6 is 0 Å². The van der Waals surface area contributed by atoms with Crippen molar-refractivity contribution in [1.82, 2.24) is 9.97 Å². The molecule has 30 heavy (non-hydrogen) atoms. The minimum absolute atomic E-state index is 0.0947. The van der Waals surface area contributed by atoms with Crippen molar-refractivity contribution in [2.45, 2.75) is 51.2 Å². The quantitative estimate of drug-likeness (QED) is 0.748. The molecule has 1 aromatic heterocycles. The highest BCUT2D eigenvalue weighted by Gasteiger charge is 2.45. The monoisotopic (exact) mass is 431 g/mol. The van der Waals surface area contributed by atoms with Crippen LogP contribution in [0.4, 0.5) is 23.1 Å². The second-order valence-corrected chi connectivity index (χ2v) is 9.93. The molecular weight excluding hydrogens is 406 g/mol. The molecule has 0 bridgehead atoms. The molecule has 0 saturated heterocycles. The maximum Gasteiger partial charge on any atom is 0.272 e. The first kappa shape index (κ1) is 20.4. The Labute approximate surface area is 175 Å². The van der Waals surface area contributed by atoms with E-state index in [4.69, 9.17) is 4.74 Å². The molecule has 2 aromatic rings. The van der Waals surface area contributed by atoms with E-state index in [2.05, 4.69) is 20.0 Å². The Morgan fingerprint density at radius 3 is 2.40 bits per heavy atom. The van der Waals surface area contributed by atoms with Gasteiger partial charge in [0.1, 0.15) is 0 Å². The number of sulfonamides is 1. The van der Waals surface area contributed by atoms with E-state index in [1.54, 1.807) is 49.2 Å². The molecular formula is C20H25N5O4S. The van der Waals surface area contributed by atoms with E-state index in [1.807, 2.05) is 0 Å². The summed E-state index contributed by atoms with van der Waals surface area (Å²) in [6.07, 6.45) is 6.76. The molecule has 1 aliphatic heterocycles. The van der Waals surface area contributed by atoms with Gasteiger partial charge in [-0.2, -0.15) is 4.98 Å². The molecule has 0 atom stereocenters. The Hall–Kier alpha value is -2.88. The normalized spacial score (nSPS) is 18.6. The number of fused-ring (bicyclic) bond motifs is 1. The van der Waals surface area contributed by atoms with E-state index in [0.29, 0.717) is 28.9 Å². The molecule has 0 radical (unpaired) electrons. The van der Waals surface area contributed by atoms with Gasteiger partial charge >= 0.3 is 0 Å². The van der Waals surface area contributed by atoms with Gasteiger partial charge in [-0.3, -0.25) is 14.4 Å². The Morgan fingerprint density at radius 2 is 1.77 bits per heavy atom. The van der Waals surface area contributed by atoms with Gasteiger partial charge in [-0.1, -0.05) is 12.8 Å². The number of aromatic nitrogens is 2. The molecule has 1 aliphatic carbocycles. The molecule has 2 N–H and O–H groups in total. The third-order valence-corrected chi connectivity index (χ3v) is 5.80. The van der Waals surface area contributed by atoms with Gasteiger partial charge in [0, 0.05) is 17.4 Å². The lowest BCUT2D eigenvalue weighted by molar-refractivity contribution is -0.133. The Bertz CT molecular complexity index is 1060. The predicted molar refractivity (Wildman–Crippen MR) is 115 cm³/mol. The second kappa shape index (κ2) is 7.42. The summed E-state index contributed by atoms with van der Waals surface area (Å²) in [6, 6.07) is 6.83. The number of ether oxygens (including phenoxy) is 1. The standard InChI is InChI=1S/C20H25N5O4S/c1-20(2)18(26)25(15-6-4-5-7-15)17-16(29-20)12-21-19(23-17)22-13-8-10-14(11-9-13)24-30(3,27)28/h8-12,15,24H,4-7H2,1-3H3,(H,21,22,23). The summed E-state index contributed by atoms with van der Waals surface area (Å²) < 4.78 is 31.0. The van der Waals surface area contributed by atoms with Gasteiger partial charge in [-0.25, -0.2) is 13.4 Å². The fraction of sp³-hybridized carbons (Fsp3) is 0.450. The number of hydrogen-bond acceptors (Lipinski definition) is 7. The number of hydrogen-bond donors (Lipinski definition) is 2. The third-order valence-electron chi connectivity index (χ3n) is 5.20. The van der Waals surface area contributed by atoms with Crippen LogP contribution < -0.4 is 19.7 Å². The fourth-order valence-electron chi connectivity index (χ4n) is 3.84. The Morgan fingerprint density at radius 1 is 1.13 bits per heavy atom. The average molecular weight is 432 g/mol. The van der Waals surface area contributed by atoms with Crippen molar-refractivity contribution in [3.63, 3.8) is 0 Å². The maximum atomic E-state index is 13.1. The molecule has 10 heteroatoms. The Kier molecular flexibility index (Phi) is 5.05. The minimum atomic E-state index is -3.33. The van der Waals surface area contributed by atoms with Gasteiger partial charge in [0.25, 0.3) is 5.91 Å². The summed E-state index contributed by atoms with van der Waals surface area (Å²) >= 11 is 0. The van der Waals surface area contributed by atoms with Crippen molar-refractivity contribution in [2.24, 2.45) is 0 Å². The second-order valence-electron chi connectivity index (χ2n) is 8.18. The van der Waals surface area contributed by atoms with Gasteiger partial charge in [0.15, 0.2) is 17.2 Å². The van der Waals surface area contributed by atoms with Crippen LogP contribution in [0.1, 0.15) is 39.5 Å². The van der Waals surface area contributed by atoms with Crippen LogP contribution in [-0.2, 0) is 14.8 Å². The maximum absolute atomic E-state index is 13.1. The number of nitrogens with one attached hydrogen (secondary N) is 2. The van der Waals surface area contributed by atoms with Crippen molar-refractivity contribution in [3.8, 4) is 5.75 Å². The Balaban J connectivity index is 1.60. The number of carbonyl (C=O) groups excluding carboxylic acids is 1. The summed E-state index contributed by atoms with van der Waals surface area (Å²) in [4.78, 5) is 23.8. The van der Waals surface area contributed by atoms with Crippen molar-refractivity contribution >= 4 is 39.1 Å². The van der Waals surface area contributed by atoms with E-state index < -0.39 is 15.6 Å². The SMILES string of the molecule is CC1(C)Oc2cnc(Nc3ccc(NS(C)(=O)=O)cc3)nc2N(C2CCCC2)C1=O. The number of anilines is 4. The molecule has 9 nitrogen and oxygen atoms in total. The topological polar surface area (TPSA) is 114 Å². The van der Waals surface area contributed by atoms with Crippen LogP contribution in [0.15, 0.2) is 30.5 Å². The largest absolute Gasteiger partial charge is 0.472 e. The van der Waals surface area contributed by atoms with Gasteiger partial charge in [-0.15, -0.1) is 0 Å². The number of amides is 1. The molecule has 2 heterocycles. The molecule has 0 unspecified atom stereocenters. The van der Waals surface area contributed by atoms with Crippen molar-refractivity contribution in [2.75, 3.05) is 21.2 Å². The summed E-state index contributed by atoms with van der Waals surface area (Å²) in [5.41, 5.74) is 0.184. The molecule has 1 amide bonds. The predicted octanol–water partition coefficient (Wildman–Crippen LogP) is 3.04. The van der Waals surface area contributed by atoms with E-state index in [1.165, 1.54) is 0 Å². The minimum Gasteiger partial charge on any atom is -0.472 e. The van der Waals surface area contributed by atoms with E-state index in [-0.39, 0.29) is 11.9 Å². The lowest BCUT2D eigenvalue weighted by atomic mass is 10.0. The van der Waals surface area contributed by atoms with Crippen molar-refractivity contribution < 1.29 is 17.9 Å². The fourth-order valence-corrected chi connectivity index (χ4v) is 4.40. The highest BCUT2D eigenvalue weighted by molar-refractivity contribution is 7.92. The molecule has 2 aliphatic rings. The lowest BCUT2D eigenvalue weighted by Gasteiger charge is -2.40. The van der Waals surface area contributed by atoms with Crippen LogP contribution in [-0.4, -0.2) is 42.2 Å². The van der Waals surface area contributed by atoms with Crippen molar-refractivity contribution in [3.05, 3.63) is 30.5 Å². The summed E-state index contributed by atoms with van der Waals surface area (Å²) in [7, 11) is -3.33. The first-order chi connectivity index (χ1) is 14.1. The zero-order valence-electron chi connectivity index (χ0n) is 17.2. The van der Waals surface area contributed by atoms with Crippen LogP contribution in [0, 0.1) is 0 Å². The van der Waals surface area contributed by atoms with E-state index in [0.717, 1.165) is 31.9 Å². The number of rotatable bonds is 5. The van der Waals surface area contributed by atoms with E-state index in [9.17, 15) is 13.2 Å². The lowest BCUT2D eigenvalue weighted by Crippen LogP contribution is -2.55. The molecule has 1 aromatic carbocycles. The number of benzene rings is 1. The zero-order valence-corrected chi connectivity index (χ0v) is 18.0. The molecule has 1 fully saturated rings. The zero-order chi connectivity index (χ0) is 21.5. The van der Waals surface area contributed by atoms with Gasteiger partial charge in [0.2, 0.25) is 16.0 Å². The molecule has 4 rings (SSSR count). The highest BCUT2D eigenvalue weighted by Crippen LogP contribution is 2.40. The van der Waals surface area contributed by atoms with E-state index >= 15 is 0 Å². The molecule has 0 spiro atoms. The van der Waals surface area contributed by atoms with Gasteiger partial charge in [0.05, 0.1) is 12.5 Å². The van der Waals surface area contributed by atoms with Gasteiger partial charge < -0.3 is 10.1 Å². The average Bonchev–Trinajstić information content (AvgIpc) is 3.18. The summed E-state index contributed by atoms with van der Waals surface area (Å²) in [5.74, 6) is 1.21. The third kappa shape index (κ3) is 4.18. The first-order valence-corrected chi connectivity index (χ1v) is 11.8. The summed E-state index contributed by atoms with van der Waals surface area (Å²) in [5, 5.41) is 3.10. The van der Waals surface area contributed by atoms with Crippen molar-refractivity contribution in [1.29, 1.82) is 0 Å². The number of nitrogens with zero attached hydrogens (tertiary/aromatic N) is 3.